The van der Waals surface area contributed by atoms with E-state index in [-0.39, 0.29) is 18.4 Å². The molecule has 2 unspecified atom stereocenters. The maximum absolute atomic E-state index is 12.3. The summed E-state index contributed by atoms with van der Waals surface area (Å²) in [5.41, 5.74) is 6.68. The molecule has 3 N–H and O–H groups in total. The number of hydrogen-bond acceptors (Lipinski definition) is 3. The molecule has 1 aliphatic heterocycles. The van der Waals surface area contributed by atoms with E-state index in [1.54, 1.807) is 23.1 Å². The number of carboxylic acids is 1. The number of likely N-dealkylation sites (tertiary alicyclic amines) is 1. The molecule has 0 bridgehead atoms. The largest absolute Gasteiger partial charge is 0.481 e. The minimum Gasteiger partial charge on any atom is -0.481 e. The Morgan fingerprint density at radius 1 is 1.37 bits per heavy atom. The number of anilines is 1. The summed E-state index contributed by atoms with van der Waals surface area (Å²) < 4.78 is 0.734. The molecular formula is C13H15BrN2O3. The summed E-state index contributed by atoms with van der Waals surface area (Å²) >= 11 is 3.29. The first-order chi connectivity index (χ1) is 8.88. The molecule has 1 fully saturated rings. The lowest BCUT2D eigenvalue weighted by Gasteiger charge is -2.16. The molecule has 0 radical (unpaired) electrons. The first-order valence-electron chi connectivity index (χ1n) is 5.96. The molecule has 2 atom stereocenters. The van der Waals surface area contributed by atoms with E-state index in [1.807, 2.05) is 6.92 Å². The highest BCUT2D eigenvalue weighted by Gasteiger charge is 2.37. The molecule has 0 aliphatic carbocycles. The van der Waals surface area contributed by atoms with E-state index >= 15 is 0 Å². The number of amides is 1. The van der Waals surface area contributed by atoms with Crippen LogP contribution in [0.25, 0.3) is 0 Å². The van der Waals surface area contributed by atoms with Crippen molar-refractivity contribution < 1.29 is 14.7 Å². The smallest absolute Gasteiger partial charge is 0.308 e. The van der Waals surface area contributed by atoms with Gasteiger partial charge in [0.2, 0.25) is 0 Å². The topological polar surface area (TPSA) is 83.6 Å². The maximum Gasteiger partial charge on any atom is 0.308 e. The predicted molar refractivity (Wildman–Crippen MR) is 74.7 cm³/mol. The quantitative estimate of drug-likeness (QED) is 0.812. The lowest BCUT2D eigenvalue weighted by Crippen LogP contribution is -2.30. The van der Waals surface area contributed by atoms with Crippen LogP contribution in [-0.4, -0.2) is 35.0 Å². The Morgan fingerprint density at radius 2 is 2.05 bits per heavy atom. The molecule has 1 saturated heterocycles. The second-order valence-corrected chi connectivity index (χ2v) is 5.82. The zero-order valence-electron chi connectivity index (χ0n) is 10.5. The van der Waals surface area contributed by atoms with Crippen LogP contribution in [0.4, 0.5) is 5.69 Å². The molecule has 0 saturated carbocycles. The van der Waals surface area contributed by atoms with Gasteiger partial charge in [0.1, 0.15) is 0 Å². The molecule has 1 aromatic rings. The molecule has 2 rings (SSSR count). The van der Waals surface area contributed by atoms with Gasteiger partial charge in [-0.25, -0.2) is 0 Å². The molecule has 5 nitrogen and oxygen atoms in total. The van der Waals surface area contributed by atoms with Crippen molar-refractivity contribution in [2.45, 2.75) is 6.92 Å². The van der Waals surface area contributed by atoms with Crippen molar-refractivity contribution >= 4 is 33.5 Å². The summed E-state index contributed by atoms with van der Waals surface area (Å²) in [5, 5.41) is 9.08. The van der Waals surface area contributed by atoms with Crippen LogP contribution in [0.15, 0.2) is 22.7 Å². The van der Waals surface area contributed by atoms with Crippen LogP contribution in [0.2, 0.25) is 0 Å². The van der Waals surface area contributed by atoms with Crippen LogP contribution in [-0.2, 0) is 4.79 Å². The van der Waals surface area contributed by atoms with Gasteiger partial charge in [-0.1, -0.05) is 22.9 Å². The van der Waals surface area contributed by atoms with Gasteiger partial charge in [0.05, 0.1) is 5.92 Å². The van der Waals surface area contributed by atoms with Crippen molar-refractivity contribution in [3.8, 4) is 0 Å². The molecular weight excluding hydrogens is 312 g/mol. The Balaban J connectivity index is 2.19. The molecule has 1 amide bonds. The van der Waals surface area contributed by atoms with E-state index in [2.05, 4.69) is 15.9 Å². The Morgan fingerprint density at radius 3 is 2.58 bits per heavy atom. The summed E-state index contributed by atoms with van der Waals surface area (Å²) in [6.07, 6.45) is 0. The number of carboxylic acid groups (broad SMARTS) is 1. The van der Waals surface area contributed by atoms with E-state index in [0.717, 1.165) is 4.47 Å². The lowest BCUT2D eigenvalue weighted by atomic mass is 9.99. The summed E-state index contributed by atoms with van der Waals surface area (Å²) in [7, 11) is 0. The molecule has 1 aromatic carbocycles. The highest BCUT2D eigenvalue weighted by molar-refractivity contribution is 9.10. The molecule has 1 heterocycles. The Bertz CT molecular complexity index is 512. The number of carbonyl (C=O) groups excluding carboxylic acids is 1. The average molecular weight is 327 g/mol. The number of aliphatic carboxylic acids is 1. The summed E-state index contributed by atoms with van der Waals surface area (Å²) in [6.45, 7) is 2.56. The first-order valence-corrected chi connectivity index (χ1v) is 6.76. The van der Waals surface area contributed by atoms with Crippen LogP contribution >= 0.6 is 15.9 Å². The third-order valence-corrected chi connectivity index (χ3v) is 3.84. The van der Waals surface area contributed by atoms with Gasteiger partial charge in [-0.15, -0.1) is 0 Å². The normalized spacial score (nSPS) is 22.5. The summed E-state index contributed by atoms with van der Waals surface area (Å²) in [5.74, 6) is -1.56. The van der Waals surface area contributed by atoms with Gasteiger partial charge in [0.15, 0.2) is 0 Å². The van der Waals surface area contributed by atoms with E-state index in [0.29, 0.717) is 17.8 Å². The number of halogens is 1. The number of nitrogens with zero attached hydrogens (tertiary/aromatic N) is 1. The Hall–Kier alpha value is -1.56. The standard InChI is InChI=1S/C13H15BrN2O3/c1-7-5-16(6-11(7)13(18)19)12(17)8-2-9(14)4-10(15)3-8/h2-4,7,11H,5-6,15H2,1H3,(H,18,19). The second kappa shape index (κ2) is 5.21. The van der Waals surface area contributed by atoms with Crippen molar-refractivity contribution in [1.82, 2.24) is 4.90 Å². The number of carbonyl (C=O) groups is 2. The van der Waals surface area contributed by atoms with Gasteiger partial charge in [-0.3, -0.25) is 9.59 Å². The number of hydrogen-bond donors (Lipinski definition) is 2. The van der Waals surface area contributed by atoms with Crippen molar-refractivity contribution in [1.29, 1.82) is 0 Å². The van der Waals surface area contributed by atoms with E-state index in [4.69, 9.17) is 10.8 Å². The predicted octanol–water partition coefficient (Wildman–Crippen LogP) is 1.82. The monoisotopic (exact) mass is 326 g/mol. The number of nitrogens with two attached hydrogens (primary N) is 1. The van der Waals surface area contributed by atoms with Crippen LogP contribution < -0.4 is 5.73 Å². The fraction of sp³-hybridized carbons (Fsp3) is 0.385. The number of nitrogen functional groups attached to an aromatic ring is 1. The maximum atomic E-state index is 12.3. The van der Waals surface area contributed by atoms with E-state index in [1.165, 1.54) is 0 Å². The second-order valence-electron chi connectivity index (χ2n) is 4.91. The van der Waals surface area contributed by atoms with Gasteiger partial charge in [-0.2, -0.15) is 0 Å². The van der Waals surface area contributed by atoms with Gasteiger partial charge in [0, 0.05) is 28.8 Å². The van der Waals surface area contributed by atoms with Crippen LogP contribution in [0, 0.1) is 11.8 Å². The Labute approximate surface area is 119 Å². The molecule has 1 aliphatic rings. The highest BCUT2D eigenvalue weighted by Crippen LogP contribution is 2.26. The summed E-state index contributed by atoms with van der Waals surface area (Å²) in [4.78, 5) is 25.0. The van der Waals surface area contributed by atoms with E-state index < -0.39 is 11.9 Å². The number of benzene rings is 1. The highest BCUT2D eigenvalue weighted by atomic mass is 79.9. The SMILES string of the molecule is CC1CN(C(=O)c2cc(N)cc(Br)c2)CC1C(=O)O. The third-order valence-electron chi connectivity index (χ3n) is 3.38. The molecule has 6 heteroatoms. The van der Waals surface area contributed by atoms with Crippen molar-refractivity contribution in [3.05, 3.63) is 28.2 Å². The minimum absolute atomic E-state index is 0.0362. The average Bonchev–Trinajstić information content (AvgIpc) is 2.69. The van der Waals surface area contributed by atoms with Gasteiger partial charge < -0.3 is 15.7 Å². The summed E-state index contributed by atoms with van der Waals surface area (Å²) in [6, 6.07) is 5.01. The van der Waals surface area contributed by atoms with Gasteiger partial charge >= 0.3 is 5.97 Å². The fourth-order valence-corrected chi connectivity index (χ4v) is 2.88. The molecule has 19 heavy (non-hydrogen) atoms. The number of rotatable bonds is 2. The van der Waals surface area contributed by atoms with Crippen molar-refractivity contribution in [3.63, 3.8) is 0 Å². The van der Waals surface area contributed by atoms with Crippen LogP contribution in [0.5, 0.6) is 0 Å². The fourth-order valence-electron chi connectivity index (χ4n) is 2.37. The van der Waals surface area contributed by atoms with E-state index in [9.17, 15) is 9.59 Å². The third kappa shape index (κ3) is 2.89. The zero-order valence-corrected chi connectivity index (χ0v) is 12.1. The molecule has 102 valence electrons. The van der Waals surface area contributed by atoms with Crippen LogP contribution in [0.3, 0.4) is 0 Å². The minimum atomic E-state index is -0.850. The van der Waals surface area contributed by atoms with Crippen molar-refractivity contribution in [2.24, 2.45) is 11.8 Å². The molecule has 0 spiro atoms. The van der Waals surface area contributed by atoms with Crippen LogP contribution in [0.1, 0.15) is 17.3 Å². The lowest BCUT2D eigenvalue weighted by molar-refractivity contribution is -0.142. The molecule has 0 aromatic heterocycles. The van der Waals surface area contributed by atoms with Crippen molar-refractivity contribution in [2.75, 3.05) is 18.8 Å². The zero-order chi connectivity index (χ0) is 14.2. The van der Waals surface area contributed by atoms with Gasteiger partial charge in [-0.05, 0) is 24.1 Å². The Kier molecular flexibility index (Phi) is 3.80. The van der Waals surface area contributed by atoms with Gasteiger partial charge in [0.25, 0.3) is 5.91 Å². The first kappa shape index (κ1) is 13.9.